The Hall–Kier alpha value is -1.59. The van der Waals surface area contributed by atoms with Crippen LogP contribution in [-0.2, 0) is 14.4 Å². The highest BCUT2D eigenvalue weighted by Crippen LogP contribution is 2.25. The number of aliphatic carboxylic acids is 2. The molecule has 1 unspecified atom stereocenters. The molecule has 6 heteroatoms. The second-order valence-electron chi connectivity index (χ2n) is 3.33. The molecule has 1 aliphatic heterocycles. The normalized spacial score (nSPS) is 25.9. The van der Waals surface area contributed by atoms with Crippen molar-refractivity contribution < 1.29 is 24.6 Å². The maximum atomic E-state index is 10.9. The fourth-order valence-electron chi connectivity index (χ4n) is 1.49. The van der Waals surface area contributed by atoms with Crippen molar-refractivity contribution in [1.82, 2.24) is 5.32 Å². The molecule has 0 saturated carbocycles. The molecule has 0 radical (unpaired) electrons. The highest BCUT2D eigenvalue weighted by atomic mass is 16.4. The second kappa shape index (κ2) is 3.65. The molecule has 0 aromatic rings. The van der Waals surface area contributed by atoms with Gasteiger partial charge in [-0.2, -0.15) is 0 Å². The van der Waals surface area contributed by atoms with Crippen molar-refractivity contribution in [2.45, 2.75) is 31.2 Å². The van der Waals surface area contributed by atoms with Crippen LogP contribution in [0, 0.1) is 0 Å². The maximum absolute atomic E-state index is 10.9. The summed E-state index contributed by atoms with van der Waals surface area (Å²) in [7, 11) is 0. The Labute approximate surface area is 79.9 Å². The van der Waals surface area contributed by atoms with E-state index in [1.807, 2.05) is 0 Å². The van der Waals surface area contributed by atoms with Crippen LogP contribution in [0.3, 0.4) is 0 Å². The number of hydrogen-bond acceptors (Lipinski definition) is 3. The first-order chi connectivity index (χ1) is 6.46. The summed E-state index contributed by atoms with van der Waals surface area (Å²) in [6.45, 7) is 0. The Balaban J connectivity index is 2.68. The highest BCUT2D eigenvalue weighted by Gasteiger charge is 2.44. The van der Waals surface area contributed by atoms with Crippen LogP contribution in [0.25, 0.3) is 0 Å². The van der Waals surface area contributed by atoms with Crippen LogP contribution >= 0.6 is 0 Å². The van der Waals surface area contributed by atoms with E-state index in [1.165, 1.54) is 0 Å². The molecule has 1 atom stereocenters. The van der Waals surface area contributed by atoms with Gasteiger partial charge in [0.05, 0.1) is 0 Å². The summed E-state index contributed by atoms with van der Waals surface area (Å²) in [6, 6.07) is 0. The fraction of sp³-hybridized carbons (Fsp3) is 0.625. The first-order valence-electron chi connectivity index (χ1n) is 4.22. The average molecular weight is 201 g/mol. The van der Waals surface area contributed by atoms with Gasteiger partial charge >= 0.3 is 11.9 Å². The minimum atomic E-state index is -1.37. The lowest BCUT2D eigenvalue weighted by atomic mass is 9.92. The molecule has 0 aromatic heterocycles. The molecule has 14 heavy (non-hydrogen) atoms. The zero-order valence-corrected chi connectivity index (χ0v) is 7.45. The van der Waals surface area contributed by atoms with Gasteiger partial charge in [0.25, 0.3) is 0 Å². The average Bonchev–Trinajstić information content (AvgIpc) is 2.45. The molecule has 0 bridgehead atoms. The van der Waals surface area contributed by atoms with Crippen molar-refractivity contribution in [3.8, 4) is 0 Å². The zero-order valence-electron chi connectivity index (χ0n) is 7.45. The summed E-state index contributed by atoms with van der Waals surface area (Å²) in [5.74, 6) is -2.56. The SMILES string of the molecule is O=C(O)CCC1(C(=O)O)CCC(=O)N1. The number of hydrogen-bond donors (Lipinski definition) is 3. The number of rotatable bonds is 4. The van der Waals surface area contributed by atoms with E-state index in [0.29, 0.717) is 0 Å². The molecule has 1 saturated heterocycles. The lowest BCUT2D eigenvalue weighted by Gasteiger charge is -2.22. The Bertz CT molecular complexity index is 287. The Morgan fingerprint density at radius 2 is 2.07 bits per heavy atom. The van der Waals surface area contributed by atoms with Crippen molar-refractivity contribution in [2.24, 2.45) is 0 Å². The van der Waals surface area contributed by atoms with Crippen molar-refractivity contribution in [3.63, 3.8) is 0 Å². The number of nitrogens with one attached hydrogen (secondary N) is 1. The number of carbonyl (C=O) groups is 3. The lowest BCUT2D eigenvalue weighted by Crippen LogP contribution is -2.49. The van der Waals surface area contributed by atoms with Crippen LogP contribution in [0.4, 0.5) is 0 Å². The molecule has 1 amide bonds. The van der Waals surface area contributed by atoms with Crippen molar-refractivity contribution in [3.05, 3.63) is 0 Å². The van der Waals surface area contributed by atoms with Crippen LogP contribution in [0.1, 0.15) is 25.7 Å². The van der Waals surface area contributed by atoms with Crippen LogP contribution in [-0.4, -0.2) is 33.6 Å². The van der Waals surface area contributed by atoms with E-state index in [9.17, 15) is 14.4 Å². The van der Waals surface area contributed by atoms with Crippen molar-refractivity contribution >= 4 is 17.8 Å². The largest absolute Gasteiger partial charge is 0.481 e. The van der Waals surface area contributed by atoms with Crippen LogP contribution < -0.4 is 5.32 Å². The predicted molar refractivity (Wildman–Crippen MR) is 44.6 cm³/mol. The van der Waals surface area contributed by atoms with E-state index in [4.69, 9.17) is 10.2 Å². The van der Waals surface area contributed by atoms with Gasteiger partial charge in [0, 0.05) is 12.8 Å². The molecule has 3 N–H and O–H groups in total. The summed E-state index contributed by atoms with van der Waals surface area (Å²) in [4.78, 5) is 32.1. The fourth-order valence-corrected chi connectivity index (χ4v) is 1.49. The summed E-state index contributed by atoms with van der Waals surface area (Å²) in [6.07, 6.45) is -0.0175. The summed E-state index contributed by atoms with van der Waals surface area (Å²) < 4.78 is 0. The molecular formula is C8H11NO5. The van der Waals surface area contributed by atoms with E-state index in [0.717, 1.165) is 0 Å². The van der Waals surface area contributed by atoms with Gasteiger partial charge in [-0.1, -0.05) is 0 Å². The number of carboxylic acid groups (broad SMARTS) is 2. The number of carbonyl (C=O) groups excluding carboxylic acids is 1. The van der Waals surface area contributed by atoms with Gasteiger partial charge in [-0.25, -0.2) is 4.79 Å². The van der Waals surface area contributed by atoms with E-state index in [2.05, 4.69) is 5.32 Å². The van der Waals surface area contributed by atoms with E-state index >= 15 is 0 Å². The molecule has 0 spiro atoms. The Morgan fingerprint density at radius 3 is 2.43 bits per heavy atom. The van der Waals surface area contributed by atoms with Gasteiger partial charge in [0.15, 0.2) is 0 Å². The lowest BCUT2D eigenvalue weighted by molar-refractivity contribution is -0.146. The third-order valence-electron chi connectivity index (χ3n) is 2.33. The maximum Gasteiger partial charge on any atom is 0.329 e. The monoisotopic (exact) mass is 201 g/mol. The minimum absolute atomic E-state index is 0.0661. The van der Waals surface area contributed by atoms with Crippen LogP contribution in [0.2, 0.25) is 0 Å². The summed E-state index contributed by atoms with van der Waals surface area (Å²) >= 11 is 0. The highest BCUT2D eigenvalue weighted by molar-refractivity contribution is 5.91. The van der Waals surface area contributed by atoms with Gasteiger partial charge in [-0.15, -0.1) is 0 Å². The van der Waals surface area contributed by atoms with Gasteiger partial charge in [-0.05, 0) is 12.8 Å². The Morgan fingerprint density at radius 1 is 1.43 bits per heavy atom. The molecule has 1 fully saturated rings. The molecule has 1 aliphatic rings. The van der Waals surface area contributed by atoms with Gasteiger partial charge in [0.2, 0.25) is 5.91 Å². The van der Waals surface area contributed by atoms with Gasteiger partial charge in [0.1, 0.15) is 5.54 Å². The van der Waals surface area contributed by atoms with Crippen LogP contribution in [0.5, 0.6) is 0 Å². The van der Waals surface area contributed by atoms with Gasteiger partial charge < -0.3 is 15.5 Å². The molecule has 0 aliphatic carbocycles. The van der Waals surface area contributed by atoms with Gasteiger partial charge in [-0.3, -0.25) is 9.59 Å². The quantitative estimate of drug-likeness (QED) is 0.573. The summed E-state index contributed by atoms with van der Waals surface area (Å²) in [5.41, 5.74) is -1.37. The van der Waals surface area contributed by atoms with E-state index < -0.39 is 17.5 Å². The topological polar surface area (TPSA) is 104 Å². The van der Waals surface area contributed by atoms with Crippen molar-refractivity contribution in [2.75, 3.05) is 0 Å². The molecular weight excluding hydrogens is 190 g/mol. The third-order valence-corrected chi connectivity index (χ3v) is 2.33. The molecule has 1 rings (SSSR count). The van der Waals surface area contributed by atoms with Crippen LogP contribution in [0.15, 0.2) is 0 Å². The third kappa shape index (κ3) is 2.01. The first kappa shape index (κ1) is 10.5. The number of amides is 1. The zero-order chi connectivity index (χ0) is 10.8. The second-order valence-corrected chi connectivity index (χ2v) is 3.33. The smallest absolute Gasteiger partial charge is 0.329 e. The standard InChI is InChI=1S/C8H11NO5/c10-5-1-3-8(9-5,7(13)14)4-2-6(11)12/h1-4H2,(H,9,10)(H,11,12)(H,13,14). The number of carboxylic acids is 2. The van der Waals surface area contributed by atoms with E-state index in [-0.39, 0.29) is 31.6 Å². The Kier molecular flexibility index (Phi) is 2.73. The molecule has 0 aromatic carbocycles. The summed E-state index contributed by atoms with van der Waals surface area (Å²) in [5, 5.41) is 19.6. The van der Waals surface area contributed by atoms with Crippen molar-refractivity contribution in [1.29, 1.82) is 0 Å². The molecule has 1 heterocycles. The first-order valence-corrected chi connectivity index (χ1v) is 4.22. The minimum Gasteiger partial charge on any atom is -0.481 e. The molecule has 78 valence electrons. The van der Waals surface area contributed by atoms with E-state index in [1.54, 1.807) is 0 Å². The predicted octanol–water partition coefficient (Wildman–Crippen LogP) is -0.415. The molecule has 6 nitrogen and oxygen atoms in total.